The number of nitrogens with one attached hydrogen (secondary N) is 1. The van der Waals surface area contributed by atoms with Gasteiger partial charge in [0.25, 0.3) is 0 Å². The third-order valence-corrected chi connectivity index (χ3v) is 4.80. The summed E-state index contributed by atoms with van der Waals surface area (Å²) in [5, 5.41) is 30.0. The fraction of sp³-hybridized carbons (Fsp3) is 0.842. The van der Waals surface area contributed by atoms with Crippen molar-refractivity contribution in [3.63, 3.8) is 0 Å². The van der Waals surface area contributed by atoms with E-state index in [2.05, 4.69) is 49.2 Å². The van der Waals surface area contributed by atoms with E-state index in [0.717, 1.165) is 45.4 Å². The van der Waals surface area contributed by atoms with Crippen LogP contribution in [-0.4, -0.2) is 37.1 Å². The molecule has 1 aliphatic carbocycles. The van der Waals surface area contributed by atoms with Gasteiger partial charge >= 0.3 is 0 Å². The molecular formula is C19H31N5. The largest absolute Gasteiger partial charge is 0.313 e. The van der Waals surface area contributed by atoms with Gasteiger partial charge in [0.15, 0.2) is 0 Å². The first-order valence-electron chi connectivity index (χ1n) is 8.91. The van der Waals surface area contributed by atoms with Crippen molar-refractivity contribution in [3.8, 4) is 18.2 Å². The summed E-state index contributed by atoms with van der Waals surface area (Å²) >= 11 is 0. The Labute approximate surface area is 147 Å². The van der Waals surface area contributed by atoms with Crippen molar-refractivity contribution in [2.24, 2.45) is 10.8 Å². The number of rotatable bonds is 9. The van der Waals surface area contributed by atoms with Gasteiger partial charge in [-0.3, -0.25) is 0 Å². The van der Waals surface area contributed by atoms with E-state index in [4.69, 9.17) is 15.8 Å². The average molecular weight is 329 g/mol. The normalized spacial score (nSPS) is 25.6. The Kier molecular flexibility index (Phi) is 8.20. The summed E-state index contributed by atoms with van der Waals surface area (Å²) in [6.45, 7) is 10.1. The summed E-state index contributed by atoms with van der Waals surface area (Å²) in [7, 11) is 0. The minimum Gasteiger partial charge on any atom is -0.313 e. The molecule has 0 aromatic heterocycles. The smallest absolute Gasteiger partial charge is 0.0635 e. The van der Waals surface area contributed by atoms with Gasteiger partial charge in [0.1, 0.15) is 0 Å². The fourth-order valence-electron chi connectivity index (χ4n) is 4.46. The van der Waals surface area contributed by atoms with Gasteiger partial charge in [-0.2, -0.15) is 15.8 Å². The number of nitriles is 3. The molecule has 0 aromatic rings. The molecule has 2 atom stereocenters. The molecule has 24 heavy (non-hydrogen) atoms. The predicted molar refractivity (Wildman–Crippen MR) is 94.7 cm³/mol. The summed E-state index contributed by atoms with van der Waals surface area (Å²) in [6, 6.07) is 7.06. The maximum absolute atomic E-state index is 8.88. The van der Waals surface area contributed by atoms with E-state index in [9.17, 15) is 0 Å². The zero-order valence-corrected chi connectivity index (χ0v) is 15.4. The minimum absolute atomic E-state index is 0.164. The molecule has 1 rings (SSSR count). The lowest BCUT2D eigenvalue weighted by Crippen LogP contribution is -2.49. The second kappa shape index (κ2) is 9.63. The lowest BCUT2D eigenvalue weighted by molar-refractivity contribution is 0.0383. The Morgan fingerprint density at radius 1 is 0.958 bits per heavy atom. The zero-order chi connectivity index (χ0) is 18.1. The molecule has 5 heteroatoms. The summed E-state index contributed by atoms with van der Waals surface area (Å²) < 4.78 is 0. The third-order valence-electron chi connectivity index (χ3n) is 4.80. The Balaban J connectivity index is 2.74. The van der Waals surface area contributed by atoms with Crippen LogP contribution in [0.2, 0.25) is 0 Å². The summed E-state index contributed by atoms with van der Waals surface area (Å²) in [5.41, 5.74) is 0.421. The van der Waals surface area contributed by atoms with Crippen LogP contribution in [0.4, 0.5) is 0 Å². The number of hydrogen-bond donors (Lipinski definition) is 1. The first kappa shape index (κ1) is 20.4. The van der Waals surface area contributed by atoms with Crippen molar-refractivity contribution in [3.05, 3.63) is 0 Å². The van der Waals surface area contributed by atoms with Crippen LogP contribution in [0.3, 0.4) is 0 Å². The predicted octanol–water partition coefficient (Wildman–Crippen LogP) is 3.20. The van der Waals surface area contributed by atoms with Crippen molar-refractivity contribution in [2.75, 3.05) is 26.2 Å². The second-order valence-corrected chi connectivity index (χ2v) is 8.21. The Morgan fingerprint density at radius 3 is 2.08 bits per heavy atom. The van der Waals surface area contributed by atoms with Crippen LogP contribution in [0, 0.1) is 44.8 Å². The lowest BCUT2D eigenvalue weighted by Gasteiger charge is -2.48. The molecule has 132 valence electrons. The van der Waals surface area contributed by atoms with Crippen LogP contribution < -0.4 is 5.32 Å². The van der Waals surface area contributed by atoms with E-state index in [1.807, 2.05) is 0 Å². The highest BCUT2D eigenvalue weighted by Gasteiger charge is 2.41. The van der Waals surface area contributed by atoms with Gasteiger partial charge < -0.3 is 10.2 Å². The highest BCUT2D eigenvalue weighted by atomic mass is 15.1. The summed E-state index contributed by atoms with van der Waals surface area (Å²) in [4.78, 5) is 2.28. The standard InChI is InChI=1S/C19H31N5/c1-18(2)13-17(23-10-4-7-20)14-19(3,15-18)16-24(11-5-8-21)12-6-9-22/h17,23H,4-6,10-16H2,1-3H3. The van der Waals surface area contributed by atoms with E-state index in [0.29, 0.717) is 25.3 Å². The van der Waals surface area contributed by atoms with Crippen LogP contribution in [0.15, 0.2) is 0 Å². The molecule has 1 saturated carbocycles. The monoisotopic (exact) mass is 329 g/mol. The molecule has 1 N–H and O–H groups in total. The second-order valence-electron chi connectivity index (χ2n) is 8.21. The SMILES string of the molecule is CC1(C)CC(NCCC#N)CC(C)(CN(CCC#N)CCC#N)C1. The topological polar surface area (TPSA) is 86.6 Å². The molecule has 0 amide bonds. The quantitative estimate of drug-likeness (QED) is 0.656. The summed E-state index contributed by atoms with van der Waals surface area (Å²) in [6.07, 6.45) is 4.92. The Hall–Kier alpha value is -1.61. The van der Waals surface area contributed by atoms with Gasteiger partial charge in [-0.15, -0.1) is 0 Å². The molecule has 1 fully saturated rings. The van der Waals surface area contributed by atoms with E-state index < -0.39 is 0 Å². The molecule has 0 heterocycles. The van der Waals surface area contributed by atoms with Gasteiger partial charge in [-0.25, -0.2) is 0 Å². The van der Waals surface area contributed by atoms with Gasteiger partial charge in [0, 0.05) is 51.5 Å². The molecule has 0 saturated heterocycles. The fourth-order valence-corrected chi connectivity index (χ4v) is 4.46. The van der Waals surface area contributed by atoms with Crippen molar-refractivity contribution in [2.45, 2.75) is 65.3 Å². The molecule has 0 bridgehead atoms. The molecule has 0 aliphatic heterocycles. The highest BCUT2D eigenvalue weighted by molar-refractivity contribution is 4.96. The van der Waals surface area contributed by atoms with Crippen molar-refractivity contribution < 1.29 is 0 Å². The Morgan fingerprint density at radius 2 is 1.54 bits per heavy atom. The van der Waals surface area contributed by atoms with Crippen LogP contribution in [-0.2, 0) is 0 Å². The van der Waals surface area contributed by atoms with E-state index in [1.54, 1.807) is 0 Å². The molecule has 2 unspecified atom stereocenters. The average Bonchev–Trinajstić information content (AvgIpc) is 2.48. The van der Waals surface area contributed by atoms with Gasteiger partial charge in [0.05, 0.1) is 18.2 Å². The zero-order valence-electron chi connectivity index (χ0n) is 15.4. The van der Waals surface area contributed by atoms with E-state index >= 15 is 0 Å². The van der Waals surface area contributed by atoms with Gasteiger partial charge in [-0.05, 0) is 30.1 Å². The first-order valence-corrected chi connectivity index (χ1v) is 8.91. The van der Waals surface area contributed by atoms with Crippen LogP contribution in [0.25, 0.3) is 0 Å². The molecule has 0 aromatic carbocycles. The van der Waals surface area contributed by atoms with E-state index in [-0.39, 0.29) is 10.8 Å². The maximum atomic E-state index is 8.88. The number of nitrogens with zero attached hydrogens (tertiary/aromatic N) is 4. The van der Waals surface area contributed by atoms with E-state index in [1.165, 1.54) is 0 Å². The van der Waals surface area contributed by atoms with Crippen molar-refractivity contribution in [1.29, 1.82) is 15.8 Å². The van der Waals surface area contributed by atoms with Crippen molar-refractivity contribution in [1.82, 2.24) is 10.2 Å². The van der Waals surface area contributed by atoms with Crippen LogP contribution >= 0.6 is 0 Å². The van der Waals surface area contributed by atoms with Gasteiger partial charge in [0.2, 0.25) is 0 Å². The minimum atomic E-state index is 0.164. The molecule has 5 nitrogen and oxygen atoms in total. The third kappa shape index (κ3) is 7.31. The summed E-state index contributed by atoms with van der Waals surface area (Å²) in [5.74, 6) is 0. The van der Waals surface area contributed by atoms with Crippen LogP contribution in [0.5, 0.6) is 0 Å². The lowest BCUT2D eigenvalue weighted by atomic mass is 9.62. The Bertz CT molecular complexity index is 489. The molecular weight excluding hydrogens is 298 g/mol. The van der Waals surface area contributed by atoms with Crippen LogP contribution in [0.1, 0.15) is 59.3 Å². The van der Waals surface area contributed by atoms with Crippen molar-refractivity contribution >= 4 is 0 Å². The molecule has 1 aliphatic rings. The highest BCUT2D eigenvalue weighted by Crippen LogP contribution is 2.46. The maximum Gasteiger partial charge on any atom is 0.0635 e. The molecule has 0 radical (unpaired) electrons. The number of hydrogen-bond acceptors (Lipinski definition) is 5. The first-order chi connectivity index (χ1) is 11.3. The molecule has 0 spiro atoms. The van der Waals surface area contributed by atoms with Gasteiger partial charge in [-0.1, -0.05) is 20.8 Å².